The first-order chi connectivity index (χ1) is 6.70. The van der Waals surface area contributed by atoms with Crippen LogP contribution in [0.15, 0.2) is 0 Å². The average molecular weight is 201 g/mol. The van der Waals surface area contributed by atoms with Gasteiger partial charge in [-0.2, -0.15) is 0 Å². The van der Waals surface area contributed by atoms with Crippen LogP contribution in [0.1, 0.15) is 39.0 Å². The van der Waals surface area contributed by atoms with E-state index in [4.69, 9.17) is 9.84 Å². The second-order valence-corrected chi connectivity index (χ2v) is 4.50. The number of likely N-dealkylation sites (N-methyl/N-ethyl adjacent to an activating group) is 1. The molecular formula is C11H23NO2. The second kappa shape index (κ2) is 5.69. The van der Waals surface area contributed by atoms with E-state index in [9.17, 15) is 0 Å². The van der Waals surface area contributed by atoms with Crippen LogP contribution in [0.25, 0.3) is 0 Å². The minimum atomic E-state index is -0.136. The fraction of sp³-hybridized carbons (Fsp3) is 1.00. The predicted molar refractivity (Wildman–Crippen MR) is 57.4 cm³/mol. The Hall–Kier alpha value is -0.120. The second-order valence-electron chi connectivity index (χ2n) is 4.50. The third-order valence-corrected chi connectivity index (χ3v) is 3.23. The van der Waals surface area contributed by atoms with Gasteiger partial charge >= 0.3 is 0 Å². The van der Waals surface area contributed by atoms with Crippen LogP contribution in [0.5, 0.6) is 0 Å². The van der Waals surface area contributed by atoms with E-state index in [1.165, 1.54) is 19.3 Å². The molecule has 0 spiro atoms. The first-order valence-corrected chi connectivity index (χ1v) is 5.61. The fourth-order valence-electron chi connectivity index (χ4n) is 1.53. The Morgan fingerprint density at radius 2 is 2.21 bits per heavy atom. The van der Waals surface area contributed by atoms with Crippen molar-refractivity contribution >= 4 is 0 Å². The first kappa shape index (κ1) is 12.0. The molecule has 0 aromatic heterocycles. The summed E-state index contributed by atoms with van der Waals surface area (Å²) in [6.45, 7) is 3.06. The molecule has 1 rings (SSSR count). The maximum atomic E-state index is 9.15. The number of rotatable bonds is 7. The van der Waals surface area contributed by atoms with Gasteiger partial charge in [0.2, 0.25) is 0 Å². The van der Waals surface area contributed by atoms with Crippen LogP contribution in [-0.2, 0) is 4.74 Å². The maximum absolute atomic E-state index is 9.15. The molecule has 3 nitrogen and oxygen atoms in total. The van der Waals surface area contributed by atoms with Crippen LogP contribution in [0, 0.1) is 0 Å². The fourth-order valence-corrected chi connectivity index (χ4v) is 1.53. The molecule has 0 bridgehead atoms. The highest BCUT2D eigenvalue weighted by atomic mass is 16.5. The third-order valence-electron chi connectivity index (χ3n) is 3.23. The minimum Gasteiger partial charge on any atom is -0.394 e. The Labute approximate surface area is 86.8 Å². The molecule has 2 N–H and O–H groups in total. The summed E-state index contributed by atoms with van der Waals surface area (Å²) in [6, 6.07) is 0. The number of hydrogen-bond donors (Lipinski definition) is 2. The summed E-state index contributed by atoms with van der Waals surface area (Å²) in [4.78, 5) is 0. The molecule has 1 fully saturated rings. The van der Waals surface area contributed by atoms with Gasteiger partial charge in [-0.25, -0.2) is 0 Å². The monoisotopic (exact) mass is 201 g/mol. The van der Waals surface area contributed by atoms with Crippen molar-refractivity contribution < 1.29 is 9.84 Å². The molecule has 1 aliphatic rings. The van der Waals surface area contributed by atoms with Gasteiger partial charge in [-0.15, -0.1) is 0 Å². The molecule has 1 saturated carbocycles. The van der Waals surface area contributed by atoms with Crippen molar-refractivity contribution in [2.24, 2.45) is 0 Å². The van der Waals surface area contributed by atoms with Crippen molar-refractivity contribution in [3.63, 3.8) is 0 Å². The molecule has 1 aliphatic carbocycles. The Balaban J connectivity index is 2.01. The van der Waals surface area contributed by atoms with Gasteiger partial charge in [-0.3, -0.25) is 0 Å². The molecule has 1 atom stereocenters. The maximum Gasteiger partial charge on any atom is 0.0610 e. The van der Waals surface area contributed by atoms with E-state index in [0.717, 1.165) is 19.4 Å². The Kier molecular flexibility index (Phi) is 4.85. The van der Waals surface area contributed by atoms with Crippen molar-refractivity contribution in [3.05, 3.63) is 0 Å². The van der Waals surface area contributed by atoms with Crippen molar-refractivity contribution in [3.8, 4) is 0 Å². The number of nitrogens with one attached hydrogen (secondary N) is 1. The number of aliphatic hydroxyl groups excluding tert-OH is 1. The standard InChI is InChI=1S/C11H23NO2/c1-11(9-13,12-2)7-4-8-14-10-5-3-6-10/h10,12-13H,3-9H2,1-2H3. The highest BCUT2D eigenvalue weighted by Crippen LogP contribution is 2.22. The lowest BCUT2D eigenvalue weighted by molar-refractivity contribution is -0.00237. The van der Waals surface area contributed by atoms with Gasteiger partial charge in [0.15, 0.2) is 0 Å². The highest BCUT2D eigenvalue weighted by molar-refractivity contribution is 4.80. The minimum absolute atomic E-state index is 0.136. The summed E-state index contributed by atoms with van der Waals surface area (Å²) in [7, 11) is 1.89. The van der Waals surface area contributed by atoms with Crippen molar-refractivity contribution in [1.82, 2.24) is 5.32 Å². The van der Waals surface area contributed by atoms with Gasteiger partial charge in [0.25, 0.3) is 0 Å². The van der Waals surface area contributed by atoms with Crippen LogP contribution >= 0.6 is 0 Å². The van der Waals surface area contributed by atoms with Gasteiger partial charge in [-0.1, -0.05) is 0 Å². The summed E-state index contributed by atoms with van der Waals surface area (Å²) in [5.41, 5.74) is -0.136. The summed E-state index contributed by atoms with van der Waals surface area (Å²) in [5, 5.41) is 12.3. The van der Waals surface area contributed by atoms with E-state index in [-0.39, 0.29) is 12.1 Å². The average Bonchev–Trinajstić information content (AvgIpc) is 2.14. The van der Waals surface area contributed by atoms with Crippen molar-refractivity contribution in [2.75, 3.05) is 20.3 Å². The molecule has 0 amide bonds. The van der Waals surface area contributed by atoms with Crippen LogP contribution in [-0.4, -0.2) is 37.0 Å². The van der Waals surface area contributed by atoms with E-state index in [1.54, 1.807) is 0 Å². The lowest BCUT2D eigenvalue weighted by Crippen LogP contribution is -2.43. The zero-order valence-electron chi connectivity index (χ0n) is 9.38. The lowest BCUT2D eigenvalue weighted by Gasteiger charge is -2.28. The zero-order chi connectivity index (χ0) is 10.4. The first-order valence-electron chi connectivity index (χ1n) is 5.61. The number of hydrogen-bond acceptors (Lipinski definition) is 3. The van der Waals surface area contributed by atoms with Crippen LogP contribution in [0.3, 0.4) is 0 Å². The Morgan fingerprint density at radius 1 is 1.50 bits per heavy atom. The highest BCUT2D eigenvalue weighted by Gasteiger charge is 2.21. The van der Waals surface area contributed by atoms with Crippen molar-refractivity contribution in [1.29, 1.82) is 0 Å². The topological polar surface area (TPSA) is 41.5 Å². The Morgan fingerprint density at radius 3 is 2.64 bits per heavy atom. The number of aliphatic hydroxyl groups is 1. The molecule has 84 valence electrons. The molecule has 3 heteroatoms. The zero-order valence-corrected chi connectivity index (χ0v) is 9.38. The smallest absolute Gasteiger partial charge is 0.0610 e. The molecule has 0 radical (unpaired) electrons. The van der Waals surface area contributed by atoms with Gasteiger partial charge in [0.1, 0.15) is 0 Å². The van der Waals surface area contributed by atoms with Crippen molar-refractivity contribution in [2.45, 2.75) is 50.7 Å². The molecule has 0 aromatic carbocycles. The van der Waals surface area contributed by atoms with Gasteiger partial charge in [0, 0.05) is 12.1 Å². The van der Waals surface area contributed by atoms with E-state index in [1.807, 2.05) is 14.0 Å². The van der Waals surface area contributed by atoms with Gasteiger partial charge in [0.05, 0.1) is 12.7 Å². The normalized spacial score (nSPS) is 21.6. The molecular weight excluding hydrogens is 178 g/mol. The summed E-state index contributed by atoms with van der Waals surface area (Å²) in [5.74, 6) is 0. The van der Waals surface area contributed by atoms with Gasteiger partial charge in [-0.05, 0) is 46.1 Å². The molecule has 0 aromatic rings. The lowest BCUT2D eigenvalue weighted by atomic mass is 9.95. The Bertz CT molecular complexity index is 153. The quantitative estimate of drug-likeness (QED) is 0.610. The summed E-state index contributed by atoms with van der Waals surface area (Å²) in [6.07, 6.45) is 6.33. The predicted octanol–water partition coefficient (Wildman–Crippen LogP) is 1.31. The summed E-state index contributed by atoms with van der Waals surface area (Å²) < 4.78 is 5.65. The summed E-state index contributed by atoms with van der Waals surface area (Å²) >= 11 is 0. The largest absolute Gasteiger partial charge is 0.394 e. The van der Waals surface area contributed by atoms with Crippen LogP contribution < -0.4 is 5.32 Å². The van der Waals surface area contributed by atoms with E-state index >= 15 is 0 Å². The van der Waals surface area contributed by atoms with E-state index in [0.29, 0.717) is 6.10 Å². The van der Waals surface area contributed by atoms with Crippen LogP contribution in [0.2, 0.25) is 0 Å². The third kappa shape index (κ3) is 3.56. The van der Waals surface area contributed by atoms with E-state index in [2.05, 4.69) is 5.32 Å². The molecule has 0 saturated heterocycles. The number of ether oxygens (including phenoxy) is 1. The SMILES string of the molecule is CNC(C)(CO)CCCOC1CCC1. The molecule has 0 aliphatic heterocycles. The van der Waals surface area contributed by atoms with Gasteiger partial charge < -0.3 is 15.2 Å². The molecule has 14 heavy (non-hydrogen) atoms. The van der Waals surface area contributed by atoms with E-state index < -0.39 is 0 Å². The molecule has 0 heterocycles. The molecule has 1 unspecified atom stereocenters. The van der Waals surface area contributed by atoms with Crippen LogP contribution in [0.4, 0.5) is 0 Å².